The highest BCUT2D eigenvalue weighted by atomic mass is 35.6. The first-order chi connectivity index (χ1) is 38.3. The van der Waals surface area contributed by atoms with Gasteiger partial charge in [0.2, 0.25) is 26.6 Å². The van der Waals surface area contributed by atoms with Crippen molar-refractivity contribution in [3.8, 4) is 22.8 Å². The number of aliphatic hydroxyl groups excluding tert-OH is 1. The van der Waals surface area contributed by atoms with Gasteiger partial charge in [-0.25, -0.2) is 39.5 Å². The van der Waals surface area contributed by atoms with E-state index in [1.54, 1.807) is 60.7 Å². The number of amides is 2. The minimum Gasteiger partial charge on any atom is -0.506 e. The molecule has 4 aromatic carbocycles. The minimum atomic E-state index is -2.05. The Balaban J connectivity index is 0.886. The zero-order chi connectivity index (χ0) is 59.5. The fraction of sp³-hybridized carbons (Fsp3) is 0.259. The second-order valence-electron chi connectivity index (χ2n) is 19.4. The average Bonchev–Trinajstić information content (AvgIpc) is 3.33. The second-order valence-corrected chi connectivity index (χ2v) is 28.6. The number of allylic oxidation sites excluding steroid dienone is 5. The number of carbonyl (C=O) groups excluding carboxylic acids is 3. The van der Waals surface area contributed by atoms with Crippen LogP contribution in [0.3, 0.4) is 0 Å². The van der Waals surface area contributed by atoms with Gasteiger partial charge >= 0.3 is 12.2 Å². The largest absolute Gasteiger partial charge is 0.506 e. The lowest BCUT2D eigenvalue weighted by Crippen LogP contribution is -2.33. The number of aliphatic hydroxyl groups is 1. The molecule has 9 rings (SSSR count). The van der Waals surface area contributed by atoms with Crippen LogP contribution in [0.5, 0.6) is 0 Å². The van der Waals surface area contributed by atoms with Crippen molar-refractivity contribution in [3.05, 3.63) is 166 Å². The van der Waals surface area contributed by atoms with Crippen LogP contribution in [0.25, 0.3) is 22.8 Å². The molecule has 4 heterocycles. The number of Topliss-reactive ketones (excluding diaryl/α,β-unsaturated/α-hetero) is 1. The highest BCUT2D eigenvalue weighted by Crippen LogP contribution is 2.50. The monoisotopic (exact) mass is 1340 g/mol. The molecule has 2 amide bonds. The van der Waals surface area contributed by atoms with Gasteiger partial charge < -0.3 is 19.5 Å². The number of fused-ring (bicyclic) bond motifs is 2. The molecular weight excluding hydrogens is 1310 g/mol. The normalized spacial score (nSPS) is 16.8. The third kappa shape index (κ3) is 13.1. The van der Waals surface area contributed by atoms with Gasteiger partial charge in [0.1, 0.15) is 12.4 Å². The van der Waals surface area contributed by atoms with Crippen LogP contribution in [-0.2, 0) is 40.3 Å². The van der Waals surface area contributed by atoms with Crippen molar-refractivity contribution in [2.24, 2.45) is 0 Å². The number of anilines is 3. The van der Waals surface area contributed by atoms with Crippen LogP contribution in [0.1, 0.15) is 62.1 Å². The third-order valence-corrected chi connectivity index (χ3v) is 15.3. The molecule has 426 valence electrons. The summed E-state index contributed by atoms with van der Waals surface area (Å²) >= 11 is 72.5. The van der Waals surface area contributed by atoms with E-state index in [1.165, 1.54) is 0 Å². The average molecular weight is 1350 g/mol. The maximum Gasteiger partial charge on any atom is 0.411 e. The van der Waals surface area contributed by atoms with Crippen molar-refractivity contribution in [2.45, 2.75) is 53.7 Å². The first-order valence-corrected chi connectivity index (χ1v) is 28.8. The molecule has 0 unspecified atom stereocenters. The van der Waals surface area contributed by atoms with Gasteiger partial charge in [-0.1, -0.05) is 189 Å². The van der Waals surface area contributed by atoms with E-state index in [0.29, 0.717) is 33.9 Å². The summed E-state index contributed by atoms with van der Waals surface area (Å²) in [5.41, 5.74) is 5.53. The molecule has 3 N–H and O–H groups in total. The predicted octanol–water partition coefficient (Wildman–Crippen LogP) is 15.6. The van der Waals surface area contributed by atoms with Gasteiger partial charge in [0.25, 0.3) is 0 Å². The standard InChI is InChI=1S/C54H40Cl12N10O6/c1-49(2)33-9-5-7-11-35(33)75(21-23-81-47(79)67-29-17-13-27(14-18-29)41-69-43(51(55,56)57)73-44(70-41)52(58,59)60)37(49)25-31-39(77)32(40(31)78)26-38-50(3,4)34-10-6-8-12-36(34)76(38)22-24-82-48(80)68-30-19-15-28(16-20-30)42-71-45(53(61,62)63)74-46(72-42)54(64,65)66/h5-20,25-26H,21-24H2,1-4H3,(H2-,67,68,69,70,71,72,73,74,77,78,79,80)/p+1. The Kier molecular flexibility index (Phi) is 17.7. The smallest absolute Gasteiger partial charge is 0.411 e. The van der Waals surface area contributed by atoms with Crippen LogP contribution in [-0.4, -0.2) is 89.6 Å². The summed E-state index contributed by atoms with van der Waals surface area (Å²) < 4.78 is 5.10. The van der Waals surface area contributed by atoms with Crippen LogP contribution in [0.4, 0.5) is 32.3 Å². The Morgan fingerprint density at radius 2 is 1.02 bits per heavy atom. The Morgan fingerprint density at radius 3 is 1.49 bits per heavy atom. The van der Waals surface area contributed by atoms with E-state index in [4.69, 9.17) is 149 Å². The highest BCUT2D eigenvalue weighted by Gasteiger charge is 2.48. The van der Waals surface area contributed by atoms with Gasteiger partial charge in [-0.15, -0.1) is 0 Å². The molecule has 2 aromatic heterocycles. The quantitative estimate of drug-likeness (QED) is 0.0595. The summed E-state index contributed by atoms with van der Waals surface area (Å²) in [5, 5.41) is 17.2. The van der Waals surface area contributed by atoms with E-state index in [9.17, 15) is 19.5 Å². The molecule has 0 fully saturated rings. The van der Waals surface area contributed by atoms with Gasteiger partial charge in [-0.2, -0.15) is 4.58 Å². The molecule has 0 saturated carbocycles. The zero-order valence-electron chi connectivity index (χ0n) is 42.8. The maximum absolute atomic E-state index is 14.3. The van der Waals surface area contributed by atoms with Gasteiger partial charge in [0, 0.05) is 57.0 Å². The number of halogens is 12. The number of para-hydroxylation sites is 2. The van der Waals surface area contributed by atoms with Crippen LogP contribution in [0, 0.1) is 0 Å². The van der Waals surface area contributed by atoms with E-state index in [2.05, 4.69) is 40.5 Å². The lowest BCUT2D eigenvalue weighted by molar-refractivity contribution is -0.440. The molecular formula is C54H41Cl12N10O6+. The molecule has 82 heavy (non-hydrogen) atoms. The zero-order valence-corrected chi connectivity index (χ0v) is 51.9. The number of benzene rings is 4. The third-order valence-electron chi connectivity index (χ3n) is 13.3. The van der Waals surface area contributed by atoms with E-state index in [0.717, 1.165) is 22.5 Å². The molecule has 6 aromatic rings. The van der Waals surface area contributed by atoms with Crippen molar-refractivity contribution in [3.63, 3.8) is 0 Å². The molecule has 3 aliphatic rings. The van der Waals surface area contributed by atoms with Gasteiger partial charge in [0.15, 0.2) is 53.8 Å². The van der Waals surface area contributed by atoms with Crippen LogP contribution >= 0.6 is 139 Å². The number of hydrogen-bond acceptors (Lipinski definition) is 13. The fourth-order valence-corrected chi connectivity index (χ4v) is 10.4. The Labute approximate surface area is 529 Å². The number of carbonyl (C=O) groups is 3. The summed E-state index contributed by atoms with van der Waals surface area (Å²) in [6.07, 6.45) is 1.88. The molecule has 28 heteroatoms. The maximum atomic E-state index is 14.3. The van der Waals surface area contributed by atoms with E-state index >= 15 is 0 Å². The van der Waals surface area contributed by atoms with Crippen LogP contribution in [0.15, 0.2) is 132 Å². The number of nitrogens with one attached hydrogen (secondary N) is 2. The molecule has 0 spiro atoms. The summed E-state index contributed by atoms with van der Waals surface area (Å²) in [6, 6.07) is 28.2. The number of alkyl halides is 12. The first kappa shape index (κ1) is 61.6. The summed E-state index contributed by atoms with van der Waals surface area (Å²) in [4.78, 5) is 67.4. The minimum absolute atomic E-state index is 0.0467. The molecule has 1 aliphatic carbocycles. The molecule has 0 bridgehead atoms. The number of hydrogen-bond donors (Lipinski definition) is 3. The number of rotatable bonds is 12. The SMILES string of the molecule is CC1(C)C(=CC2=C(O)C(=CC3=[N+](CCOC(=O)Nc4ccc(-c5nc(C(Cl)(Cl)Cl)nc(C(Cl)(Cl)Cl)n5)cc4)c4ccccc4C3(C)C)C2=O)N(CCOC(=O)Nc2ccc(-c3nc(C(Cl)(Cl)Cl)nc(C(Cl)(Cl)Cl)n3)cc2)c2ccccc21. The highest BCUT2D eigenvalue weighted by molar-refractivity contribution is 6.68. The predicted molar refractivity (Wildman–Crippen MR) is 324 cm³/mol. The molecule has 0 radical (unpaired) electrons. The van der Waals surface area contributed by atoms with Gasteiger partial charge in [0.05, 0.1) is 23.1 Å². The Bertz CT molecular complexity index is 3620. The van der Waals surface area contributed by atoms with Crippen molar-refractivity contribution in [2.75, 3.05) is 41.8 Å². The van der Waals surface area contributed by atoms with Crippen LogP contribution < -0.4 is 15.5 Å². The number of ether oxygens (including phenoxy) is 2. The van der Waals surface area contributed by atoms with E-state index < -0.39 is 38.2 Å². The van der Waals surface area contributed by atoms with Crippen LogP contribution in [0.2, 0.25) is 0 Å². The topological polar surface area (TPSA) is 198 Å². The lowest BCUT2D eigenvalue weighted by Gasteiger charge is -2.29. The molecule has 16 nitrogen and oxygen atoms in total. The van der Waals surface area contributed by atoms with Crippen molar-refractivity contribution in [1.82, 2.24) is 29.9 Å². The van der Waals surface area contributed by atoms with Crippen molar-refractivity contribution in [1.29, 1.82) is 0 Å². The van der Waals surface area contributed by atoms with Crippen molar-refractivity contribution >= 4 is 186 Å². The summed E-state index contributed by atoms with van der Waals surface area (Å²) in [5.74, 6) is -1.52. The van der Waals surface area contributed by atoms with Gasteiger partial charge in [-0.05, 0) is 80.1 Å². The molecule has 2 aliphatic heterocycles. The second kappa shape index (κ2) is 23.5. The molecule has 0 atom stereocenters. The fourth-order valence-electron chi connectivity index (χ4n) is 9.36. The lowest BCUT2D eigenvalue weighted by atomic mass is 9.77. The van der Waals surface area contributed by atoms with E-state index in [1.807, 2.05) is 85.7 Å². The summed E-state index contributed by atoms with van der Waals surface area (Å²) in [6.45, 7) is 8.29. The number of nitrogens with zero attached hydrogens (tertiary/aromatic N) is 8. The molecule has 0 saturated heterocycles. The summed E-state index contributed by atoms with van der Waals surface area (Å²) in [7, 11) is 0. The first-order valence-electron chi connectivity index (χ1n) is 24.3. The van der Waals surface area contributed by atoms with Gasteiger partial charge in [-0.3, -0.25) is 15.4 Å². The number of ketones is 1. The Morgan fingerprint density at radius 1 is 0.585 bits per heavy atom. The van der Waals surface area contributed by atoms with E-state index in [-0.39, 0.29) is 83.9 Å². The van der Waals surface area contributed by atoms with Crippen molar-refractivity contribution < 1.29 is 33.5 Å². The Hall–Kier alpha value is -4.92. The number of aromatic nitrogens is 6.